The zero-order valence-corrected chi connectivity index (χ0v) is 13.9. The molecule has 2 aromatic rings. The number of nitrogens with zero attached hydrogens (tertiary/aromatic N) is 3. The summed E-state index contributed by atoms with van der Waals surface area (Å²) in [4.78, 5) is 13.5. The van der Waals surface area contributed by atoms with E-state index >= 15 is 0 Å². The number of carbonyl (C=O) groups excluding carboxylic acids is 1. The van der Waals surface area contributed by atoms with Gasteiger partial charge in [-0.15, -0.1) is 0 Å². The van der Waals surface area contributed by atoms with E-state index in [0.717, 1.165) is 0 Å². The van der Waals surface area contributed by atoms with Crippen molar-refractivity contribution in [2.24, 2.45) is 0 Å². The van der Waals surface area contributed by atoms with Gasteiger partial charge in [-0.3, -0.25) is 4.68 Å². The largest absolute Gasteiger partial charge is 0.507 e. The van der Waals surface area contributed by atoms with Crippen molar-refractivity contribution in [1.29, 1.82) is 0 Å². The van der Waals surface area contributed by atoms with E-state index in [9.17, 15) is 14.3 Å². The third kappa shape index (κ3) is 3.34. The Hall–Kier alpha value is -2.57. The number of phenols is 1. The summed E-state index contributed by atoms with van der Waals surface area (Å²) in [6.45, 7) is 6.49. The van der Waals surface area contributed by atoms with Crippen LogP contribution >= 0.6 is 0 Å². The zero-order chi connectivity index (χ0) is 17.5. The van der Waals surface area contributed by atoms with E-state index in [0.29, 0.717) is 24.2 Å². The molecule has 128 valence electrons. The van der Waals surface area contributed by atoms with E-state index in [4.69, 9.17) is 4.74 Å². The van der Waals surface area contributed by atoms with Gasteiger partial charge in [0.1, 0.15) is 17.2 Å². The molecule has 6 nitrogen and oxygen atoms in total. The van der Waals surface area contributed by atoms with Crippen molar-refractivity contribution in [1.82, 2.24) is 14.7 Å². The molecular formula is C17H20FN3O3. The highest BCUT2D eigenvalue weighted by Gasteiger charge is 2.35. The summed E-state index contributed by atoms with van der Waals surface area (Å²) in [5.41, 5.74) is 0.503. The summed E-state index contributed by atoms with van der Waals surface area (Å²) in [5, 5.41) is 14.1. The lowest BCUT2D eigenvalue weighted by Crippen LogP contribution is -2.52. The molecule has 0 atom stereocenters. The first-order valence-corrected chi connectivity index (χ1v) is 7.74. The van der Waals surface area contributed by atoms with Crippen LogP contribution in [-0.2, 0) is 4.74 Å². The van der Waals surface area contributed by atoms with Crippen molar-refractivity contribution < 1.29 is 19.0 Å². The summed E-state index contributed by atoms with van der Waals surface area (Å²) in [7, 11) is 0. The lowest BCUT2D eigenvalue weighted by molar-refractivity contribution is -0.000381. The smallest absolute Gasteiger partial charge is 0.410 e. The fourth-order valence-corrected chi connectivity index (χ4v) is 2.51. The van der Waals surface area contributed by atoms with Crippen LogP contribution in [0.1, 0.15) is 26.8 Å². The molecule has 3 rings (SSSR count). The van der Waals surface area contributed by atoms with Gasteiger partial charge in [0.05, 0.1) is 12.2 Å². The number of hydrogen-bond donors (Lipinski definition) is 1. The summed E-state index contributed by atoms with van der Waals surface area (Å²) < 4.78 is 20.4. The van der Waals surface area contributed by atoms with Crippen molar-refractivity contribution in [3.63, 3.8) is 0 Å². The molecule has 1 aromatic carbocycles. The minimum absolute atomic E-state index is 0.0000547. The van der Waals surface area contributed by atoms with Gasteiger partial charge in [0.2, 0.25) is 0 Å². The molecule has 0 spiro atoms. The van der Waals surface area contributed by atoms with Crippen LogP contribution in [0.5, 0.6) is 5.75 Å². The Balaban J connectivity index is 1.66. The van der Waals surface area contributed by atoms with Gasteiger partial charge in [-0.1, -0.05) is 0 Å². The highest BCUT2D eigenvalue weighted by atomic mass is 19.1. The number of rotatable bonds is 2. The van der Waals surface area contributed by atoms with Crippen LogP contribution in [0.15, 0.2) is 30.6 Å². The third-order valence-corrected chi connectivity index (χ3v) is 3.76. The molecule has 1 N–H and O–H groups in total. The minimum atomic E-state index is -0.518. The normalized spacial score (nSPS) is 15.2. The number of phenolic OH excluding ortho intramolecular Hbond substituents is 1. The van der Waals surface area contributed by atoms with Crippen LogP contribution < -0.4 is 0 Å². The minimum Gasteiger partial charge on any atom is -0.507 e. The Kier molecular flexibility index (Phi) is 3.95. The highest BCUT2D eigenvalue weighted by Crippen LogP contribution is 2.31. The Labute approximate surface area is 139 Å². The van der Waals surface area contributed by atoms with Gasteiger partial charge in [0.25, 0.3) is 0 Å². The maximum atomic E-state index is 13.4. The molecule has 1 aliphatic rings. The molecule has 0 radical (unpaired) electrons. The van der Waals surface area contributed by atoms with Crippen LogP contribution in [0, 0.1) is 5.82 Å². The van der Waals surface area contributed by atoms with E-state index in [1.807, 2.05) is 20.8 Å². The van der Waals surface area contributed by atoms with Crippen molar-refractivity contribution in [3.8, 4) is 16.9 Å². The maximum Gasteiger partial charge on any atom is 0.410 e. The average molecular weight is 333 g/mol. The number of likely N-dealkylation sites (tertiary alicyclic amines) is 1. The van der Waals surface area contributed by atoms with E-state index in [-0.39, 0.29) is 17.9 Å². The Bertz CT molecular complexity index is 761. The summed E-state index contributed by atoms with van der Waals surface area (Å²) in [5.74, 6) is -0.421. The van der Waals surface area contributed by atoms with Crippen molar-refractivity contribution in [3.05, 3.63) is 36.4 Å². The summed E-state index contributed by atoms with van der Waals surface area (Å²) in [6, 6.07) is 3.83. The van der Waals surface area contributed by atoms with Gasteiger partial charge < -0.3 is 14.7 Å². The number of aromatic nitrogens is 2. The SMILES string of the molecule is CC(C)(C)OC(=O)N1CC(n2cc(-c3cc(F)ccc3O)cn2)C1. The molecule has 1 aromatic heterocycles. The Morgan fingerprint density at radius 3 is 2.75 bits per heavy atom. The molecule has 2 heterocycles. The average Bonchev–Trinajstić information content (AvgIpc) is 2.87. The van der Waals surface area contributed by atoms with Crippen molar-refractivity contribution >= 4 is 6.09 Å². The predicted octanol–water partition coefficient (Wildman–Crippen LogP) is 3.19. The predicted molar refractivity (Wildman–Crippen MR) is 86.1 cm³/mol. The molecule has 7 heteroatoms. The number of carbonyl (C=O) groups is 1. The quantitative estimate of drug-likeness (QED) is 0.916. The van der Waals surface area contributed by atoms with Crippen LogP contribution in [0.4, 0.5) is 9.18 Å². The molecule has 0 bridgehead atoms. The zero-order valence-electron chi connectivity index (χ0n) is 13.9. The maximum absolute atomic E-state index is 13.4. The van der Waals surface area contributed by atoms with Gasteiger partial charge in [-0.05, 0) is 39.0 Å². The molecule has 0 unspecified atom stereocenters. The molecule has 1 amide bonds. The molecule has 1 saturated heterocycles. The number of ether oxygens (including phenoxy) is 1. The topological polar surface area (TPSA) is 67.6 Å². The van der Waals surface area contributed by atoms with Gasteiger partial charge in [0.15, 0.2) is 0 Å². The summed E-state index contributed by atoms with van der Waals surface area (Å²) >= 11 is 0. The molecule has 1 aliphatic heterocycles. The highest BCUT2D eigenvalue weighted by molar-refractivity contribution is 5.70. The molecule has 0 saturated carbocycles. The number of amides is 1. The van der Waals surface area contributed by atoms with Crippen molar-refractivity contribution in [2.45, 2.75) is 32.4 Å². The summed E-state index contributed by atoms with van der Waals surface area (Å²) in [6.07, 6.45) is 2.98. The fraction of sp³-hybridized carbons (Fsp3) is 0.412. The standard InChI is InChI=1S/C17H20FN3O3/c1-17(2,3)24-16(23)20-9-13(10-20)21-8-11(7-19-21)14-6-12(18)4-5-15(14)22/h4-8,13,22H,9-10H2,1-3H3. The van der Waals surface area contributed by atoms with Gasteiger partial charge in [-0.25, -0.2) is 9.18 Å². The van der Waals surface area contributed by atoms with Crippen LogP contribution in [0.25, 0.3) is 11.1 Å². The van der Waals surface area contributed by atoms with Crippen LogP contribution in [-0.4, -0.2) is 44.6 Å². The molecule has 24 heavy (non-hydrogen) atoms. The van der Waals surface area contributed by atoms with E-state index in [2.05, 4.69) is 5.10 Å². The number of aromatic hydroxyl groups is 1. The Morgan fingerprint density at radius 2 is 2.08 bits per heavy atom. The second kappa shape index (κ2) is 5.81. The van der Waals surface area contributed by atoms with Crippen molar-refractivity contribution in [2.75, 3.05) is 13.1 Å². The van der Waals surface area contributed by atoms with E-state index < -0.39 is 11.4 Å². The monoisotopic (exact) mass is 333 g/mol. The van der Waals surface area contributed by atoms with Gasteiger partial charge >= 0.3 is 6.09 Å². The number of benzene rings is 1. The fourth-order valence-electron chi connectivity index (χ4n) is 2.51. The first-order valence-electron chi connectivity index (χ1n) is 7.74. The molecule has 1 fully saturated rings. The second-order valence-electron chi connectivity index (χ2n) is 6.91. The number of hydrogen-bond acceptors (Lipinski definition) is 4. The first kappa shape index (κ1) is 16.3. The van der Waals surface area contributed by atoms with E-state index in [1.165, 1.54) is 18.2 Å². The third-order valence-electron chi connectivity index (χ3n) is 3.76. The number of halogens is 1. The van der Waals surface area contributed by atoms with Crippen LogP contribution in [0.3, 0.4) is 0 Å². The second-order valence-corrected chi connectivity index (χ2v) is 6.91. The lowest BCUT2D eigenvalue weighted by Gasteiger charge is -2.39. The molecule has 0 aliphatic carbocycles. The van der Waals surface area contributed by atoms with E-state index in [1.54, 1.807) is 22.0 Å². The van der Waals surface area contributed by atoms with Gasteiger partial charge in [0, 0.05) is 30.4 Å². The first-order chi connectivity index (χ1) is 11.2. The van der Waals surface area contributed by atoms with Crippen LogP contribution in [0.2, 0.25) is 0 Å². The van der Waals surface area contributed by atoms with Gasteiger partial charge in [-0.2, -0.15) is 5.10 Å². The molecular weight excluding hydrogens is 313 g/mol. The lowest BCUT2D eigenvalue weighted by atomic mass is 10.1. The Morgan fingerprint density at radius 1 is 1.38 bits per heavy atom.